The molecular formula is C33H37FN4O5. The Morgan fingerprint density at radius 1 is 0.907 bits per heavy atom. The highest BCUT2D eigenvalue weighted by atomic mass is 19.1. The van der Waals surface area contributed by atoms with Gasteiger partial charge in [0.2, 0.25) is 17.7 Å². The normalized spacial score (nSPS) is 19.9. The lowest BCUT2D eigenvalue weighted by Gasteiger charge is -2.29. The number of carbonyl (C=O) groups excluding carboxylic acids is 3. The monoisotopic (exact) mass is 588 g/mol. The molecule has 9 nitrogen and oxygen atoms in total. The van der Waals surface area contributed by atoms with E-state index in [1.54, 1.807) is 18.2 Å². The van der Waals surface area contributed by atoms with Gasteiger partial charge >= 0.3 is 0 Å². The minimum atomic E-state index is -0.978. The second-order valence-corrected chi connectivity index (χ2v) is 10.8. The van der Waals surface area contributed by atoms with Gasteiger partial charge in [-0.2, -0.15) is 0 Å². The van der Waals surface area contributed by atoms with E-state index in [-0.39, 0.29) is 25.3 Å². The maximum Gasteiger partial charge on any atom is 0.243 e. The van der Waals surface area contributed by atoms with Crippen LogP contribution in [-0.2, 0) is 38.5 Å². The van der Waals surface area contributed by atoms with Gasteiger partial charge < -0.3 is 25.4 Å². The summed E-state index contributed by atoms with van der Waals surface area (Å²) in [4.78, 5) is 42.4. The van der Waals surface area contributed by atoms with Crippen molar-refractivity contribution in [2.45, 2.75) is 44.3 Å². The minimum Gasteiger partial charge on any atom is -0.457 e. The van der Waals surface area contributed by atoms with Crippen LogP contribution in [0.3, 0.4) is 0 Å². The number of ether oxygens (including phenoxy) is 2. The van der Waals surface area contributed by atoms with Crippen molar-refractivity contribution in [3.63, 3.8) is 0 Å². The summed E-state index contributed by atoms with van der Waals surface area (Å²) in [7, 11) is 0. The first kappa shape index (κ1) is 30.2. The highest BCUT2D eigenvalue weighted by molar-refractivity contribution is 5.92. The van der Waals surface area contributed by atoms with Crippen LogP contribution in [0.1, 0.15) is 29.5 Å². The second kappa shape index (κ2) is 14.8. The fraction of sp³-hybridized carbons (Fsp3) is 0.364. The lowest BCUT2D eigenvalue weighted by atomic mass is 10.0. The Balaban J connectivity index is 1.40. The number of benzene rings is 3. The van der Waals surface area contributed by atoms with Gasteiger partial charge in [-0.3, -0.25) is 19.3 Å². The van der Waals surface area contributed by atoms with Crippen molar-refractivity contribution in [3.8, 4) is 11.5 Å². The lowest BCUT2D eigenvalue weighted by Crippen LogP contribution is -2.55. The third-order valence-corrected chi connectivity index (χ3v) is 7.65. The summed E-state index contributed by atoms with van der Waals surface area (Å²) in [6, 6.07) is 19.3. The van der Waals surface area contributed by atoms with E-state index < -0.39 is 29.7 Å². The Bertz CT molecular complexity index is 1430. The number of nitrogens with zero attached hydrogens (tertiary/aromatic N) is 1. The van der Waals surface area contributed by atoms with Crippen molar-refractivity contribution in [1.82, 2.24) is 20.9 Å². The van der Waals surface area contributed by atoms with Gasteiger partial charge in [-0.05, 0) is 54.3 Å². The summed E-state index contributed by atoms with van der Waals surface area (Å²) in [5.41, 5.74) is 2.04. The van der Waals surface area contributed by atoms with Crippen molar-refractivity contribution < 1.29 is 28.2 Å². The molecule has 2 aliphatic heterocycles. The van der Waals surface area contributed by atoms with Crippen molar-refractivity contribution >= 4 is 17.7 Å². The number of halogens is 1. The van der Waals surface area contributed by atoms with E-state index in [1.165, 1.54) is 6.07 Å². The van der Waals surface area contributed by atoms with E-state index in [0.29, 0.717) is 49.7 Å². The molecule has 3 amide bonds. The Hall–Kier alpha value is -4.28. The first-order chi connectivity index (χ1) is 20.9. The van der Waals surface area contributed by atoms with Crippen LogP contribution < -0.4 is 20.7 Å². The SMILES string of the molecule is O=C1CCc2cccc(c2)Oc2cccc(c2)C[C@@H](C(=O)NCc2ccccc2F)NC(=O)[C@H](CCN2CCOCC2)N1. The molecule has 3 N–H and O–H groups in total. The summed E-state index contributed by atoms with van der Waals surface area (Å²) in [6.45, 7) is 3.29. The Labute approximate surface area is 250 Å². The van der Waals surface area contributed by atoms with E-state index >= 15 is 0 Å². The number of aryl methyl sites for hydroxylation is 1. The average Bonchev–Trinajstić information content (AvgIpc) is 3.01. The van der Waals surface area contributed by atoms with Crippen LogP contribution in [-0.4, -0.2) is 67.6 Å². The van der Waals surface area contributed by atoms with E-state index in [9.17, 15) is 18.8 Å². The number of rotatable bonds is 6. The number of hydrogen-bond donors (Lipinski definition) is 3. The molecule has 4 bridgehead atoms. The summed E-state index contributed by atoms with van der Waals surface area (Å²) in [5.74, 6) is -0.377. The first-order valence-corrected chi connectivity index (χ1v) is 14.7. The molecule has 5 rings (SSSR count). The quantitative estimate of drug-likeness (QED) is 0.409. The molecule has 0 saturated carbocycles. The van der Waals surface area contributed by atoms with E-state index in [0.717, 1.165) is 24.2 Å². The third-order valence-electron chi connectivity index (χ3n) is 7.65. The zero-order valence-electron chi connectivity index (χ0n) is 24.0. The van der Waals surface area contributed by atoms with E-state index in [2.05, 4.69) is 20.9 Å². The van der Waals surface area contributed by atoms with Gasteiger partial charge in [0, 0.05) is 44.6 Å². The minimum absolute atomic E-state index is 0.0332. The van der Waals surface area contributed by atoms with E-state index in [1.807, 2.05) is 48.5 Å². The fourth-order valence-electron chi connectivity index (χ4n) is 5.23. The number of nitrogens with one attached hydrogen (secondary N) is 3. The highest BCUT2D eigenvalue weighted by Crippen LogP contribution is 2.24. The molecule has 10 heteroatoms. The number of fused-ring (bicyclic) bond motifs is 4. The predicted molar refractivity (Wildman–Crippen MR) is 159 cm³/mol. The molecule has 2 aliphatic rings. The number of hydrogen-bond acceptors (Lipinski definition) is 6. The maximum atomic E-state index is 14.2. The number of carbonyl (C=O) groups is 3. The van der Waals surface area contributed by atoms with Gasteiger partial charge in [0.15, 0.2) is 0 Å². The van der Waals surface area contributed by atoms with Gasteiger partial charge in [0.05, 0.1) is 13.2 Å². The molecule has 2 atom stereocenters. The largest absolute Gasteiger partial charge is 0.457 e. The van der Waals surface area contributed by atoms with E-state index in [4.69, 9.17) is 9.47 Å². The first-order valence-electron chi connectivity index (χ1n) is 14.7. The second-order valence-electron chi connectivity index (χ2n) is 10.8. The summed E-state index contributed by atoms with van der Waals surface area (Å²) in [6.07, 6.45) is 1.20. The molecule has 0 aliphatic carbocycles. The molecule has 0 aromatic heterocycles. The zero-order chi connectivity index (χ0) is 30.0. The van der Waals surface area contributed by atoms with Gasteiger partial charge in [-0.25, -0.2) is 4.39 Å². The fourth-order valence-corrected chi connectivity index (χ4v) is 5.23. The van der Waals surface area contributed by atoms with Crippen molar-refractivity contribution in [2.75, 3.05) is 32.8 Å². The van der Waals surface area contributed by atoms with Crippen molar-refractivity contribution in [2.24, 2.45) is 0 Å². The summed E-state index contributed by atoms with van der Waals surface area (Å²) >= 11 is 0. The van der Waals surface area contributed by atoms with Crippen molar-refractivity contribution in [1.29, 1.82) is 0 Å². The van der Waals surface area contributed by atoms with Gasteiger partial charge in [0.1, 0.15) is 29.4 Å². The number of amides is 3. The molecule has 0 spiro atoms. The molecule has 1 fully saturated rings. The predicted octanol–water partition coefficient (Wildman–Crippen LogP) is 3.12. The maximum absolute atomic E-state index is 14.2. The number of morpholine rings is 1. The van der Waals surface area contributed by atoms with Crippen LogP contribution in [0, 0.1) is 5.82 Å². The van der Waals surface area contributed by atoms with Crippen LogP contribution in [0.5, 0.6) is 11.5 Å². The molecule has 0 radical (unpaired) electrons. The van der Waals surface area contributed by atoms with Crippen LogP contribution in [0.4, 0.5) is 4.39 Å². The molecule has 43 heavy (non-hydrogen) atoms. The molecule has 3 aromatic rings. The summed E-state index contributed by atoms with van der Waals surface area (Å²) in [5, 5.41) is 8.55. The standard InChI is InChI=1S/C33H37FN4O5/c34-28-10-2-1-7-25(28)22-35-32(40)30-21-24-6-4-9-27(20-24)43-26-8-3-5-23(19-26)11-12-31(39)36-29(33(41)37-30)13-14-38-15-17-42-18-16-38/h1-10,19-20,29-30H,11-18,21-22H2,(H,35,40)(H,36,39)(H,37,41)/t29-,30-/m0/s1. The topological polar surface area (TPSA) is 109 Å². The molecule has 2 heterocycles. The van der Waals surface area contributed by atoms with Gasteiger partial charge in [-0.1, -0.05) is 42.5 Å². The molecular weight excluding hydrogens is 551 g/mol. The van der Waals surface area contributed by atoms with Crippen LogP contribution >= 0.6 is 0 Å². The zero-order valence-corrected chi connectivity index (χ0v) is 24.0. The van der Waals surface area contributed by atoms with Crippen LogP contribution in [0.2, 0.25) is 0 Å². The summed E-state index contributed by atoms with van der Waals surface area (Å²) < 4.78 is 25.8. The third kappa shape index (κ3) is 8.86. The van der Waals surface area contributed by atoms with Crippen LogP contribution in [0.15, 0.2) is 72.8 Å². The Morgan fingerprint density at radius 3 is 2.40 bits per heavy atom. The average molecular weight is 589 g/mol. The molecule has 0 unspecified atom stereocenters. The Kier molecular flexibility index (Phi) is 10.4. The van der Waals surface area contributed by atoms with Gasteiger partial charge in [-0.15, -0.1) is 0 Å². The highest BCUT2D eigenvalue weighted by Gasteiger charge is 2.28. The lowest BCUT2D eigenvalue weighted by molar-refractivity contribution is -0.132. The van der Waals surface area contributed by atoms with Gasteiger partial charge in [0.25, 0.3) is 0 Å². The van der Waals surface area contributed by atoms with Crippen molar-refractivity contribution in [3.05, 3.63) is 95.3 Å². The smallest absolute Gasteiger partial charge is 0.243 e. The van der Waals surface area contributed by atoms with Crippen LogP contribution in [0.25, 0.3) is 0 Å². The Morgan fingerprint density at radius 2 is 1.63 bits per heavy atom. The molecule has 226 valence electrons. The molecule has 1 saturated heterocycles. The molecule has 3 aromatic carbocycles.